The fourth-order valence-electron chi connectivity index (χ4n) is 4.65. The van der Waals surface area contributed by atoms with Gasteiger partial charge in [0.2, 0.25) is 11.8 Å². The van der Waals surface area contributed by atoms with Gasteiger partial charge in [-0.15, -0.1) is 0 Å². The molecule has 0 unspecified atom stereocenters. The van der Waals surface area contributed by atoms with E-state index in [1.165, 1.54) is 17.1 Å². The Morgan fingerprint density at radius 3 is 2.52 bits per heavy atom. The number of sulfonamides is 1. The van der Waals surface area contributed by atoms with Gasteiger partial charge in [0.1, 0.15) is 11.0 Å². The molecule has 1 amide bonds. The van der Waals surface area contributed by atoms with Crippen LogP contribution in [0, 0.1) is 13.8 Å². The lowest BCUT2D eigenvalue weighted by molar-refractivity contribution is 0.0156. The zero-order chi connectivity index (χ0) is 28.0. The van der Waals surface area contributed by atoms with Gasteiger partial charge in [0.15, 0.2) is 5.69 Å². The van der Waals surface area contributed by atoms with Crippen molar-refractivity contribution in [3.05, 3.63) is 83.9 Å². The van der Waals surface area contributed by atoms with Gasteiger partial charge in [-0.05, 0) is 43.2 Å². The van der Waals surface area contributed by atoms with Crippen LogP contribution in [-0.2, 0) is 17.1 Å². The van der Waals surface area contributed by atoms with Gasteiger partial charge in [-0.2, -0.15) is 15.2 Å². The Labute approximate surface area is 230 Å². The molecule has 0 aliphatic carbocycles. The lowest BCUT2D eigenvalue weighted by Gasteiger charge is -2.38. The van der Waals surface area contributed by atoms with Crippen LogP contribution >= 0.6 is 0 Å². The first-order chi connectivity index (χ1) is 19.2. The smallest absolute Gasteiger partial charge is 0.274 e. The number of hydrogen-bond acceptors (Lipinski definition) is 8. The highest BCUT2D eigenvalue weighted by Crippen LogP contribution is 2.30. The van der Waals surface area contributed by atoms with Crippen LogP contribution in [0.25, 0.3) is 16.8 Å². The van der Waals surface area contributed by atoms with E-state index in [-0.39, 0.29) is 28.7 Å². The SMILES string of the molecule is Cc1cccc(C)c1-c1cc(OC2CN(C(=O)c3cc4ccccn4n3)C2)nc(NS(=O)(=O)c2cnn(C)c2)n1. The second-order valence-corrected chi connectivity index (χ2v) is 11.4. The van der Waals surface area contributed by atoms with Gasteiger partial charge < -0.3 is 9.64 Å². The van der Waals surface area contributed by atoms with Crippen LogP contribution in [0.1, 0.15) is 21.6 Å². The van der Waals surface area contributed by atoms with Crippen molar-refractivity contribution in [2.45, 2.75) is 24.8 Å². The largest absolute Gasteiger partial charge is 0.470 e. The molecule has 40 heavy (non-hydrogen) atoms. The molecule has 13 heteroatoms. The summed E-state index contributed by atoms with van der Waals surface area (Å²) in [6, 6.07) is 14.9. The van der Waals surface area contributed by atoms with Crippen molar-refractivity contribution in [1.29, 1.82) is 0 Å². The number of amides is 1. The Morgan fingerprint density at radius 1 is 1.05 bits per heavy atom. The molecule has 0 atom stereocenters. The molecule has 0 radical (unpaired) electrons. The standard InChI is InChI=1S/C27H26N8O4S/c1-17-7-6-8-18(2)25(17)22-12-24(30-27(29-22)32-40(37,38)21-13-28-33(3)16-21)39-20-14-34(15-20)26(36)23-11-19-9-4-5-10-35(19)31-23/h4-13,16,20H,14-15H2,1-3H3,(H,29,30,32). The molecule has 0 bridgehead atoms. The molecular weight excluding hydrogens is 532 g/mol. The lowest BCUT2D eigenvalue weighted by Crippen LogP contribution is -2.56. The van der Waals surface area contributed by atoms with Gasteiger partial charge in [-0.25, -0.2) is 22.6 Å². The summed E-state index contributed by atoms with van der Waals surface area (Å²) in [5, 5.41) is 8.29. The minimum Gasteiger partial charge on any atom is -0.470 e. The molecular formula is C27H26N8O4S. The lowest BCUT2D eigenvalue weighted by atomic mass is 10.00. The Kier molecular flexibility index (Phi) is 6.22. The van der Waals surface area contributed by atoms with E-state index in [0.717, 1.165) is 22.2 Å². The Morgan fingerprint density at radius 2 is 1.82 bits per heavy atom. The zero-order valence-corrected chi connectivity index (χ0v) is 22.8. The molecule has 5 heterocycles. The van der Waals surface area contributed by atoms with Crippen LogP contribution in [-0.4, -0.2) is 67.8 Å². The van der Waals surface area contributed by atoms with E-state index in [2.05, 4.69) is 24.9 Å². The van der Waals surface area contributed by atoms with E-state index in [4.69, 9.17) is 4.74 Å². The highest BCUT2D eigenvalue weighted by Gasteiger charge is 2.34. The number of ether oxygens (including phenoxy) is 1. The van der Waals surface area contributed by atoms with Gasteiger partial charge in [0, 0.05) is 31.1 Å². The van der Waals surface area contributed by atoms with Gasteiger partial charge in [0.25, 0.3) is 15.9 Å². The van der Waals surface area contributed by atoms with E-state index in [0.29, 0.717) is 24.5 Å². The highest BCUT2D eigenvalue weighted by molar-refractivity contribution is 7.92. The maximum absolute atomic E-state index is 13.0. The van der Waals surface area contributed by atoms with Gasteiger partial charge in [-0.3, -0.25) is 9.48 Å². The second-order valence-electron chi connectivity index (χ2n) is 9.69. The first-order valence-electron chi connectivity index (χ1n) is 12.5. The molecule has 1 fully saturated rings. The number of rotatable bonds is 7. The van der Waals surface area contributed by atoms with Gasteiger partial charge in [-0.1, -0.05) is 24.3 Å². The molecule has 1 N–H and O–H groups in total. The second kappa shape index (κ2) is 9.75. The summed E-state index contributed by atoms with van der Waals surface area (Å²) in [7, 11) is -2.36. The highest BCUT2D eigenvalue weighted by atomic mass is 32.2. The minimum atomic E-state index is -3.99. The number of hydrogen-bond donors (Lipinski definition) is 1. The number of nitrogens with zero attached hydrogens (tertiary/aromatic N) is 7. The summed E-state index contributed by atoms with van der Waals surface area (Å²) in [6.45, 7) is 4.59. The molecule has 1 saturated heterocycles. The average Bonchev–Trinajstić information content (AvgIpc) is 3.52. The summed E-state index contributed by atoms with van der Waals surface area (Å²) < 4.78 is 37.6. The molecule has 204 valence electrons. The predicted octanol–water partition coefficient (Wildman–Crippen LogP) is 2.85. The summed E-state index contributed by atoms with van der Waals surface area (Å²) in [5.41, 5.74) is 4.50. The minimum absolute atomic E-state index is 0.0152. The van der Waals surface area contributed by atoms with Crippen LogP contribution in [0.3, 0.4) is 0 Å². The third-order valence-electron chi connectivity index (χ3n) is 6.67. The number of carbonyl (C=O) groups is 1. The number of aromatic nitrogens is 6. The van der Waals surface area contributed by atoms with Crippen molar-refractivity contribution in [3.8, 4) is 17.1 Å². The number of fused-ring (bicyclic) bond motifs is 1. The Hall–Kier alpha value is -4.78. The van der Waals surface area contributed by atoms with Gasteiger partial charge in [0.05, 0.1) is 30.5 Å². The third kappa shape index (κ3) is 4.86. The fourth-order valence-corrected chi connectivity index (χ4v) is 5.57. The van der Waals surface area contributed by atoms with Crippen molar-refractivity contribution in [3.63, 3.8) is 0 Å². The molecule has 0 spiro atoms. The first kappa shape index (κ1) is 25.5. The summed E-state index contributed by atoms with van der Waals surface area (Å²) in [4.78, 5) is 23.4. The number of likely N-dealkylation sites (tertiary alicyclic amines) is 1. The monoisotopic (exact) mass is 558 g/mol. The molecule has 1 aliphatic heterocycles. The number of aryl methyl sites for hydroxylation is 3. The van der Waals surface area contributed by atoms with Crippen LogP contribution < -0.4 is 9.46 Å². The predicted molar refractivity (Wildman–Crippen MR) is 146 cm³/mol. The Balaban J connectivity index is 1.25. The average molecular weight is 559 g/mol. The van der Waals surface area contributed by atoms with E-state index in [1.54, 1.807) is 34.8 Å². The maximum Gasteiger partial charge on any atom is 0.274 e. The van der Waals surface area contributed by atoms with Crippen LogP contribution in [0.2, 0.25) is 0 Å². The third-order valence-corrected chi connectivity index (χ3v) is 7.95. The van der Waals surface area contributed by atoms with E-state index >= 15 is 0 Å². The molecule has 6 rings (SSSR count). The fraction of sp³-hybridized carbons (Fsp3) is 0.222. The van der Waals surface area contributed by atoms with Crippen molar-refractivity contribution in [2.24, 2.45) is 7.05 Å². The van der Waals surface area contributed by atoms with Crippen molar-refractivity contribution >= 4 is 27.4 Å². The number of carbonyl (C=O) groups excluding carboxylic acids is 1. The molecule has 12 nitrogen and oxygen atoms in total. The number of benzene rings is 1. The zero-order valence-electron chi connectivity index (χ0n) is 22.0. The van der Waals surface area contributed by atoms with E-state index in [9.17, 15) is 13.2 Å². The van der Waals surface area contributed by atoms with E-state index in [1.807, 2.05) is 50.2 Å². The summed E-state index contributed by atoms with van der Waals surface area (Å²) in [5.74, 6) is -0.121. The molecule has 1 aromatic carbocycles. The molecule has 5 aromatic rings. The Bertz CT molecular complexity index is 1800. The van der Waals surface area contributed by atoms with Gasteiger partial charge >= 0.3 is 0 Å². The number of anilines is 1. The normalized spacial score (nSPS) is 13.8. The number of nitrogens with one attached hydrogen (secondary N) is 1. The quantitative estimate of drug-likeness (QED) is 0.322. The first-order valence-corrected chi connectivity index (χ1v) is 14.0. The number of pyridine rings is 1. The molecule has 1 aliphatic rings. The van der Waals surface area contributed by atoms with Crippen LogP contribution in [0.15, 0.2) is 72.0 Å². The van der Waals surface area contributed by atoms with Crippen LogP contribution in [0.4, 0.5) is 5.95 Å². The van der Waals surface area contributed by atoms with Crippen LogP contribution in [0.5, 0.6) is 5.88 Å². The summed E-state index contributed by atoms with van der Waals surface area (Å²) in [6.07, 6.45) is 4.09. The maximum atomic E-state index is 13.0. The van der Waals surface area contributed by atoms with Crippen molar-refractivity contribution in [2.75, 3.05) is 17.8 Å². The topological polar surface area (TPSA) is 137 Å². The summed E-state index contributed by atoms with van der Waals surface area (Å²) >= 11 is 0. The van der Waals surface area contributed by atoms with E-state index < -0.39 is 10.0 Å². The molecule has 4 aromatic heterocycles. The molecule has 0 saturated carbocycles. The van der Waals surface area contributed by atoms with Crippen molar-refractivity contribution in [1.82, 2.24) is 34.3 Å². The van der Waals surface area contributed by atoms with Crippen molar-refractivity contribution < 1.29 is 17.9 Å².